The molecule has 6 rings (SSSR count). The lowest BCUT2D eigenvalue weighted by Crippen LogP contribution is -2.55. The molecule has 3 N–H and O–H groups in total. The van der Waals surface area contributed by atoms with Crippen LogP contribution >= 0.6 is 23.4 Å². The first-order chi connectivity index (χ1) is 21.2. The van der Waals surface area contributed by atoms with Gasteiger partial charge in [0.15, 0.2) is 0 Å². The van der Waals surface area contributed by atoms with Crippen molar-refractivity contribution >= 4 is 52.5 Å². The molecule has 3 fully saturated rings. The van der Waals surface area contributed by atoms with Crippen molar-refractivity contribution in [2.24, 2.45) is 11.8 Å². The van der Waals surface area contributed by atoms with Crippen LogP contribution in [-0.2, 0) is 20.8 Å². The van der Waals surface area contributed by atoms with E-state index < -0.39 is 33.4 Å². The van der Waals surface area contributed by atoms with Crippen LogP contribution in [0.3, 0.4) is 0 Å². The van der Waals surface area contributed by atoms with Crippen molar-refractivity contribution in [2.45, 2.75) is 54.7 Å². The summed E-state index contributed by atoms with van der Waals surface area (Å²) in [5, 5.41) is 17.1. The number of carbonyl (C=O) groups excluding carboxylic acids is 3. The minimum atomic E-state index is -0.910. The zero-order chi connectivity index (χ0) is 31.1. The Morgan fingerprint density at radius 1 is 1.02 bits per heavy atom. The van der Waals surface area contributed by atoms with E-state index in [4.69, 9.17) is 16.3 Å². The van der Waals surface area contributed by atoms with Gasteiger partial charge in [-0.1, -0.05) is 54.1 Å². The summed E-state index contributed by atoms with van der Waals surface area (Å²) in [4.78, 5) is 44.6. The average molecular weight is 634 g/mol. The summed E-state index contributed by atoms with van der Waals surface area (Å²) in [7, 11) is 0. The standard InChI is InChI=1S/C34H36ClN3O5S/c1-3-43-24-15-13-22(14-16-24)36-30(40)27-28-32(42)38(23(20-39)19-21-9-5-4-6-10-21)29(34(28)18-17-33(27,2)44-34)31(41)37-26-12-8-7-11-25(26)35/h4-16,23,27-29,39H,3,17-20H2,1-2H3,(H,36,40)(H,37,41)/t23-,27+,28+,29?,33-,34?/m1/s1. The quantitative estimate of drug-likeness (QED) is 0.276. The number of benzene rings is 3. The number of amides is 3. The van der Waals surface area contributed by atoms with Crippen molar-refractivity contribution in [3.05, 3.63) is 89.4 Å². The highest BCUT2D eigenvalue weighted by Gasteiger charge is 2.77. The van der Waals surface area contributed by atoms with Crippen molar-refractivity contribution in [3.63, 3.8) is 0 Å². The molecule has 6 atom stereocenters. The molecule has 3 aromatic rings. The van der Waals surface area contributed by atoms with E-state index in [0.29, 0.717) is 48.0 Å². The largest absolute Gasteiger partial charge is 0.494 e. The van der Waals surface area contributed by atoms with E-state index in [1.165, 1.54) is 0 Å². The van der Waals surface area contributed by atoms with Gasteiger partial charge in [-0.05, 0) is 75.1 Å². The Labute approximate surface area is 266 Å². The zero-order valence-corrected chi connectivity index (χ0v) is 26.2. The summed E-state index contributed by atoms with van der Waals surface area (Å²) >= 11 is 8.00. The molecule has 230 valence electrons. The molecule has 10 heteroatoms. The minimum Gasteiger partial charge on any atom is -0.494 e. The van der Waals surface area contributed by atoms with Gasteiger partial charge in [-0.2, -0.15) is 0 Å². The Kier molecular flexibility index (Phi) is 8.39. The Bertz CT molecular complexity index is 1560. The van der Waals surface area contributed by atoms with Gasteiger partial charge in [-0.25, -0.2) is 0 Å². The first-order valence-corrected chi connectivity index (χ1v) is 16.2. The number of fused-ring (bicyclic) bond motifs is 1. The second kappa shape index (κ2) is 12.1. The summed E-state index contributed by atoms with van der Waals surface area (Å²) in [6, 6.07) is 22.2. The Balaban J connectivity index is 1.37. The van der Waals surface area contributed by atoms with Gasteiger partial charge in [-0.3, -0.25) is 14.4 Å². The number of thioether (sulfide) groups is 1. The number of anilines is 2. The molecule has 0 aliphatic carbocycles. The van der Waals surface area contributed by atoms with Crippen LogP contribution in [0.2, 0.25) is 5.02 Å². The molecule has 3 aliphatic rings. The maximum absolute atomic E-state index is 14.6. The predicted molar refractivity (Wildman–Crippen MR) is 173 cm³/mol. The van der Waals surface area contributed by atoms with Crippen LogP contribution in [0.25, 0.3) is 0 Å². The number of nitrogens with one attached hydrogen (secondary N) is 2. The lowest BCUT2D eigenvalue weighted by Gasteiger charge is -2.37. The highest BCUT2D eigenvalue weighted by Crippen LogP contribution is 2.71. The molecule has 1 spiro atoms. The van der Waals surface area contributed by atoms with Crippen molar-refractivity contribution < 1.29 is 24.2 Å². The number of para-hydroxylation sites is 1. The number of likely N-dealkylation sites (tertiary alicyclic amines) is 1. The number of ether oxygens (including phenoxy) is 1. The van der Waals surface area contributed by atoms with Gasteiger partial charge in [0.1, 0.15) is 11.8 Å². The molecule has 3 heterocycles. The van der Waals surface area contributed by atoms with E-state index in [0.717, 1.165) is 5.56 Å². The van der Waals surface area contributed by atoms with E-state index >= 15 is 0 Å². The smallest absolute Gasteiger partial charge is 0.248 e. The lowest BCUT2D eigenvalue weighted by atomic mass is 9.66. The summed E-state index contributed by atoms with van der Waals surface area (Å²) in [6.45, 7) is 4.14. The third-order valence-corrected chi connectivity index (χ3v) is 11.5. The Morgan fingerprint density at radius 3 is 2.41 bits per heavy atom. The number of rotatable bonds is 10. The number of aliphatic hydroxyl groups excluding tert-OH is 1. The van der Waals surface area contributed by atoms with E-state index in [9.17, 15) is 19.5 Å². The van der Waals surface area contributed by atoms with Crippen molar-refractivity contribution in [1.82, 2.24) is 4.90 Å². The second-order valence-electron chi connectivity index (χ2n) is 11.9. The highest BCUT2D eigenvalue weighted by molar-refractivity contribution is 8.02. The Hall–Kier alpha value is -3.53. The van der Waals surface area contributed by atoms with Gasteiger partial charge in [0.2, 0.25) is 17.7 Å². The molecule has 8 nitrogen and oxygen atoms in total. The SMILES string of the molecule is CCOc1ccc(NC(=O)[C@@H]2[C@H]3C(=O)N([C@@H](CO)Cc4ccccc4)C(C(=O)Nc4ccccc4Cl)C34CC[C@@]2(C)S4)cc1. The van der Waals surface area contributed by atoms with Crippen LogP contribution in [-0.4, -0.2) is 62.5 Å². The van der Waals surface area contributed by atoms with Crippen LogP contribution in [0.5, 0.6) is 5.75 Å². The van der Waals surface area contributed by atoms with E-state index in [-0.39, 0.29) is 24.3 Å². The maximum Gasteiger partial charge on any atom is 0.248 e. The molecule has 3 aliphatic heterocycles. The zero-order valence-electron chi connectivity index (χ0n) is 24.7. The molecular weight excluding hydrogens is 598 g/mol. The van der Waals surface area contributed by atoms with Crippen molar-refractivity contribution in [3.8, 4) is 5.75 Å². The molecule has 3 amide bonds. The average Bonchev–Trinajstić information content (AvgIpc) is 3.59. The molecule has 3 saturated heterocycles. The number of hydrogen-bond acceptors (Lipinski definition) is 6. The summed E-state index contributed by atoms with van der Waals surface area (Å²) in [5.74, 6) is -1.60. The monoisotopic (exact) mass is 633 g/mol. The fraction of sp³-hybridized carbons (Fsp3) is 0.382. The summed E-state index contributed by atoms with van der Waals surface area (Å²) in [6.07, 6.45) is 1.64. The van der Waals surface area contributed by atoms with Gasteiger partial charge in [0, 0.05) is 10.4 Å². The third-order valence-electron chi connectivity index (χ3n) is 9.23. The molecule has 0 aromatic heterocycles. The summed E-state index contributed by atoms with van der Waals surface area (Å²) in [5.41, 5.74) is 1.99. The van der Waals surface area contributed by atoms with Crippen LogP contribution in [0.4, 0.5) is 11.4 Å². The van der Waals surface area contributed by atoms with Gasteiger partial charge in [0.25, 0.3) is 0 Å². The maximum atomic E-state index is 14.6. The third kappa shape index (κ3) is 5.25. The minimum absolute atomic E-state index is 0.250. The fourth-order valence-corrected chi connectivity index (χ4v) is 9.90. The van der Waals surface area contributed by atoms with Gasteiger partial charge < -0.3 is 25.4 Å². The number of halogens is 1. The van der Waals surface area contributed by atoms with Gasteiger partial charge in [-0.15, -0.1) is 11.8 Å². The number of hydrogen-bond donors (Lipinski definition) is 3. The number of nitrogens with zero attached hydrogens (tertiary/aromatic N) is 1. The van der Waals surface area contributed by atoms with Crippen molar-refractivity contribution in [1.29, 1.82) is 0 Å². The van der Waals surface area contributed by atoms with Crippen molar-refractivity contribution in [2.75, 3.05) is 23.8 Å². The normalized spacial score (nSPS) is 27.6. The molecule has 0 radical (unpaired) electrons. The first kappa shape index (κ1) is 30.5. The van der Waals surface area contributed by atoms with Crippen LogP contribution < -0.4 is 15.4 Å². The van der Waals surface area contributed by atoms with Gasteiger partial charge >= 0.3 is 0 Å². The summed E-state index contributed by atoms with van der Waals surface area (Å²) < 4.78 is 4.14. The Morgan fingerprint density at radius 2 is 1.73 bits per heavy atom. The van der Waals surface area contributed by atoms with Crippen LogP contribution in [0, 0.1) is 11.8 Å². The fourth-order valence-electron chi connectivity index (χ4n) is 7.38. The second-order valence-corrected chi connectivity index (χ2v) is 14.2. The molecule has 2 bridgehead atoms. The van der Waals surface area contributed by atoms with Crippen LogP contribution in [0.15, 0.2) is 78.9 Å². The van der Waals surface area contributed by atoms with E-state index in [1.807, 2.05) is 44.2 Å². The van der Waals surface area contributed by atoms with Gasteiger partial charge in [0.05, 0.1) is 46.5 Å². The molecule has 3 aromatic carbocycles. The van der Waals surface area contributed by atoms with E-state index in [2.05, 4.69) is 10.6 Å². The number of aliphatic hydroxyl groups is 1. The highest BCUT2D eigenvalue weighted by atomic mass is 35.5. The molecule has 44 heavy (non-hydrogen) atoms. The molecule has 2 unspecified atom stereocenters. The van der Waals surface area contributed by atoms with Crippen LogP contribution in [0.1, 0.15) is 32.3 Å². The topological polar surface area (TPSA) is 108 Å². The first-order valence-electron chi connectivity index (χ1n) is 15.0. The van der Waals surface area contributed by atoms with E-state index in [1.54, 1.807) is 65.2 Å². The molecule has 0 saturated carbocycles. The lowest BCUT2D eigenvalue weighted by molar-refractivity contribution is -0.141. The molecular formula is C34H36ClN3O5S. The number of carbonyl (C=O) groups is 3. The predicted octanol–water partition coefficient (Wildman–Crippen LogP) is 5.40.